The van der Waals surface area contributed by atoms with Crippen molar-refractivity contribution in [2.75, 3.05) is 13.2 Å². The summed E-state index contributed by atoms with van der Waals surface area (Å²) in [5.74, 6) is -3.59. The van der Waals surface area contributed by atoms with Gasteiger partial charge in [0.2, 0.25) is 11.8 Å². The molecule has 0 aromatic heterocycles. The number of halogens is 1. The standard InChI is InChI=1S/C26H28BrNO6/c1-2-10-28-24(30)19-11-15(14-33-17-6-4-3-5-7-17)26(32)20(23(19)25(28)31)13-22(34-26)18-12-16(27)8-9-21(18)29/h3-9,12,15,19-20,22-23,29,32H,2,10-11,13-14H2,1H3/t15-,19+,20+,22+,23+,26-/m1/s1. The maximum atomic E-state index is 13.3. The minimum Gasteiger partial charge on any atom is -0.508 e. The predicted molar refractivity (Wildman–Crippen MR) is 127 cm³/mol. The second-order valence-corrected chi connectivity index (χ2v) is 10.3. The van der Waals surface area contributed by atoms with E-state index in [2.05, 4.69) is 15.9 Å². The van der Waals surface area contributed by atoms with Gasteiger partial charge in [0.05, 0.1) is 24.5 Å². The third-order valence-electron chi connectivity index (χ3n) is 7.43. The largest absolute Gasteiger partial charge is 0.508 e. The van der Waals surface area contributed by atoms with E-state index in [4.69, 9.17) is 9.47 Å². The summed E-state index contributed by atoms with van der Waals surface area (Å²) in [6.07, 6.45) is 0.681. The van der Waals surface area contributed by atoms with Crippen molar-refractivity contribution in [2.45, 2.75) is 38.1 Å². The molecule has 2 amide bonds. The number of carbonyl (C=O) groups is 2. The molecule has 8 heteroatoms. The monoisotopic (exact) mass is 529 g/mol. The number of ether oxygens (including phenoxy) is 2. The van der Waals surface area contributed by atoms with Crippen molar-refractivity contribution in [1.29, 1.82) is 0 Å². The number of phenolic OH excluding ortho intramolecular Hbond substituents is 1. The Kier molecular flexibility index (Phi) is 6.16. The number of carbonyl (C=O) groups excluding carboxylic acids is 2. The van der Waals surface area contributed by atoms with Crippen LogP contribution in [0.2, 0.25) is 0 Å². The molecule has 5 rings (SSSR count). The molecule has 2 saturated heterocycles. The number of likely N-dealkylation sites (tertiary alicyclic amines) is 1. The van der Waals surface area contributed by atoms with Crippen molar-refractivity contribution >= 4 is 27.7 Å². The Hall–Kier alpha value is -2.42. The Bertz CT molecular complexity index is 1090. The number of phenols is 1. The first-order valence-corrected chi connectivity index (χ1v) is 12.5. The molecule has 7 nitrogen and oxygen atoms in total. The van der Waals surface area contributed by atoms with E-state index in [0.29, 0.717) is 37.1 Å². The van der Waals surface area contributed by atoms with Gasteiger partial charge in [-0.15, -0.1) is 0 Å². The van der Waals surface area contributed by atoms with Crippen LogP contribution in [0.1, 0.15) is 37.9 Å². The number of hydrogen-bond acceptors (Lipinski definition) is 6. The van der Waals surface area contributed by atoms with Crippen molar-refractivity contribution in [3.8, 4) is 11.5 Å². The van der Waals surface area contributed by atoms with Crippen molar-refractivity contribution in [1.82, 2.24) is 4.90 Å². The smallest absolute Gasteiger partial charge is 0.233 e. The highest BCUT2D eigenvalue weighted by atomic mass is 79.9. The molecule has 2 heterocycles. The summed E-state index contributed by atoms with van der Waals surface area (Å²) in [5.41, 5.74) is 0.540. The molecule has 0 unspecified atom stereocenters. The maximum Gasteiger partial charge on any atom is 0.233 e. The number of fused-ring (bicyclic) bond motifs is 3. The van der Waals surface area contributed by atoms with Gasteiger partial charge in [-0.1, -0.05) is 41.1 Å². The Morgan fingerprint density at radius 1 is 1.15 bits per heavy atom. The number of para-hydroxylation sites is 1. The average Bonchev–Trinajstić information content (AvgIpc) is 3.30. The zero-order valence-corrected chi connectivity index (χ0v) is 20.5. The zero-order chi connectivity index (χ0) is 24.0. The van der Waals surface area contributed by atoms with Gasteiger partial charge in [-0.2, -0.15) is 0 Å². The molecular formula is C26H28BrNO6. The van der Waals surface area contributed by atoms with Crippen LogP contribution < -0.4 is 4.74 Å². The lowest BCUT2D eigenvalue weighted by molar-refractivity contribution is -0.272. The second-order valence-electron chi connectivity index (χ2n) is 9.42. The van der Waals surface area contributed by atoms with E-state index >= 15 is 0 Å². The molecule has 3 aliphatic rings. The SMILES string of the molecule is CCCN1C(=O)[C@H]2[C@H](C[C@H](COc3ccccc3)[C@@]3(O)O[C@H](c4cc(Br)ccc4O)C[C@@H]23)C1=O. The highest BCUT2D eigenvalue weighted by Gasteiger charge is 2.66. The van der Waals surface area contributed by atoms with Gasteiger partial charge in [0, 0.05) is 28.4 Å². The van der Waals surface area contributed by atoms with Crippen molar-refractivity contribution < 1.29 is 29.3 Å². The average molecular weight is 530 g/mol. The number of aromatic hydroxyl groups is 1. The summed E-state index contributed by atoms with van der Waals surface area (Å²) >= 11 is 3.43. The zero-order valence-electron chi connectivity index (χ0n) is 18.9. The molecule has 180 valence electrons. The van der Waals surface area contributed by atoms with Crippen molar-refractivity contribution in [3.63, 3.8) is 0 Å². The molecule has 2 aromatic carbocycles. The Labute approximate surface area is 206 Å². The van der Waals surface area contributed by atoms with Crippen LogP contribution in [-0.2, 0) is 14.3 Å². The van der Waals surface area contributed by atoms with Gasteiger partial charge in [0.1, 0.15) is 11.5 Å². The molecule has 3 fully saturated rings. The summed E-state index contributed by atoms with van der Waals surface area (Å²) in [6, 6.07) is 14.3. The fourth-order valence-corrected chi connectivity index (χ4v) is 6.25. The lowest BCUT2D eigenvalue weighted by Crippen LogP contribution is -2.55. The minimum absolute atomic E-state index is 0.0607. The number of imide groups is 1. The lowest BCUT2D eigenvalue weighted by Gasteiger charge is -2.44. The van der Waals surface area contributed by atoms with Crippen LogP contribution in [0.5, 0.6) is 11.5 Å². The van der Waals surface area contributed by atoms with Crippen LogP contribution >= 0.6 is 15.9 Å². The Morgan fingerprint density at radius 2 is 1.91 bits per heavy atom. The van der Waals surface area contributed by atoms with Crippen LogP contribution in [0.15, 0.2) is 53.0 Å². The van der Waals surface area contributed by atoms with Gasteiger partial charge in [0.15, 0.2) is 5.79 Å². The minimum atomic E-state index is -1.66. The van der Waals surface area contributed by atoms with Gasteiger partial charge in [-0.05, 0) is 49.6 Å². The van der Waals surface area contributed by atoms with E-state index in [9.17, 15) is 19.8 Å². The van der Waals surface area contributed by atoms with Crippen LogP contribution in [0.3, 0.4) is 0 Å². The Balaban J connectivity index is 1.49. The molecular weight excluding hydrogens is 502 g/mol. The number of nitrogens with zero attached hydrogens (tertiary/aromatic N) is 1. The molecule has 0 radical (unpaired) electrons. The topological polar surface area (TPSA) is 96.3 Å². The fraction of sp³-hybridized carbons (Fsp3) is 0.462. The molecule has 6 atom stereocenters. The molecule has 2 aliphatic heterocycles. The van der Waals surface area contributed by atoms with E-state index in [0.717, 1.165) is 4.47 Å². The third-order valence-corrected chi connectivity index (χ3v) is 7.93. The van der Waals surface area contributed by atoms with E-state index in [1.807, 2.05) is 37.3 Å². The van der Waals surface area contributed by atoms with Gasteiger partial charge in [-0.25, -0.2) is 0 Å². The van der Waals surface area contributed by atoms with Gasteiger partial charge in [0.25, 0.3) is 0 Å². The highest BCUT2D eigenvalue weighted by molar-refractivity contribution is 9.10. The molecule has 0 spiro atoms. The summed E-state index contributed by atoms with van der Waals surface area (Å²) in [7, 11) is 0. The van der Waals surface area contributed by atoms with E-state index in [-0.39, 0.29) is 24.2 Å². The Morgan fingerprint density at radius 3 is 2.65 bits per heavy atom. The highest BCUT2D eigenvalue weighted by Crippen LogP contribution is 2.59. The van der Waals surface area contributed by atoms with Crippen molar-refractivity contribution in [3.05, 3.63) is 58.6 Å². The second kappa shape index (κ2) is 8.98. The summed E-state index contributed by atoms with van der Waals surface area (Å²) in [6.45, 7) is 2.45. The summed E-state index contributed by atoms with van der Waals surface area (Å²) < 4.78 is 13.0. The molecule has 1 aliphatic carbocycles. The van der Waals surface area contributed by atoms with E-state index < -0.39 is 35.6 Å². The first-order chi connectivity index (χ1) is 16.3. The molecule has 0 bridgehead atoms. The van der Waals surface area contributed by atoms with Gasteiger partial charge in [-0.3, -0.25) is 14.5 Å². The quantitative estimate of drug-likeness (QED) is 0.548. The molecule has 34 heavy (non-hydrogen) atoms. The number of benzene rings is 2. The predicted octanol–water partition coefficient (Wildman–Crippen LogP) is 4.03. The van der Waals surface area contributed by atoms with E-state index in [1.54, 1.807) is 18.2 Å². The first kappa shape index (κ1) is 23.3. The van der Waals surface area contributed by atoms with Crippen LogP contribution in [0.25, 0.3) is 0 Å². The molecule has 2 N–H and O–H groups in total. The number of rotatable bonds is 6. The van der Waals surface area contributed by atoms with Gasteiger partial charge < -0.3 is 19.7 Å². The lowest BCUT2D eigenvalue weighted by atomic mass is 9.64. The maximum absolute atomic E-state index is 13.3. The number of hydrogen-bond donors (Lipinski definition) is 2. The van der Waals surface area contributed by atoms with E-state index in [1.165, 1.54) is 4.90 Å². The molecule has 2 aromatic rings. The van der Waals surface area contributed by atoms with Crippen LogP contribution in [0, 0.1) is 23.7 Å². The van der Waals surface area contributed by atoms with Crippen LogP contribution in [0.4, 0.5) is 0 Å². The summed E-state index contributed by atoms with van der Waals surface area (Å²) in [5, 5.41) is 22.4. The number of aliphatic hydroxyl groups is 1. The third kappa shape index (κ3) is 3.82. The summed E-state index contributed by atoms with van der Waals surface area (Å²) in [4.78, 5) is 27.9. The van der Waals surface area contributed by atoms with Crippen molar-refractivity contribution in [2.24, 2.45) is 23.7 Å². The number of amides is 2. The normalized spacial score (nSPS) is 32.6. The fourth-order valence-electron chi connectivity index (χ4n) is 5.87. The van der Waals surface area contributed by atoms with Gasteiger partial charge >= 0.3 is 0 Å². The van der Waals surface area contributed by atoms with Crippen LogP contribution in [-0.4, -0.2) is 45.9 Å². The molecule has 1 saturated carbocycles. The first-order valence-electron chi connectivity index (χ1n) is 11.7.